The summed E-state index contributed by atoms with van der Waals surface area (Å²) in [6, 6.07) is 8.26. The molecule has 0 spiro atoms. The average Bonchev–Trinajstić information content (AvgIpc) is 3.15. The Morgan fingerprint density at radius 2 is 1.80 bits per heavy atom. The first-order valence-electron chi connectivity index (χ1n) is 9.70. The van der Waals surface area contributed by atoms with Crippen LogP contribution >= 0.6 is 0 Å². The van der Waals surface area contributed by atoms with Gasteiger partial charge in [-0.15, -0.1) is 0 Å². The third kappa shape index (κ3) is 5.27. The number of carbonyl (C=O) groups is 1. The number of piperidine rings is 1. The lowest BCUT2D eigenvalue weighted by molar-refractivity contribution is 0.0849. The Bertz CT molecular complexity index is 540. The third-order valence-corrected chi connectivity index (χ3v) is 5.47. The maximum absolute atomic E-state index is 12.3. The van der Waals surface area contributed by atoms with Crippen molar-refractivity contribution in [1.82, 2.24) is 15.1 Å². The topological polar surface area (TPSA) is 55.8 Å². The zero-order valence-electron chi connectivity index (χ0n) is 15.1. The lowest BCUT2D eigenvalue weighted by Crippen LogP contribution is -2.45. The molecule has 1 aromatic rings. The molecule has 2 N–H and O–H groups in total. The molecule has 1 aromatic carbocycles. The van der Waals surface area contributed by atoms with Crippen LogP contribution in [0.4, 0.5) is 0 Å². The number of nitrogens with zero attached hydrogens (tertiary/aromatic N) is 2. The molecule has 0 bridgehead atoms. The van der Waals surface area contributed by atoms with E-state index in [-0.39, 0.29) is 18.6 Å². The highest BCUT2D eigenvalue weighted by Gasteiger charge is 2.21. The van der Waals surface area contributed by atoms with Crippen molar-refractivity contribution in [3.8, 4) is 0 Å². The van der Waals surface area contributed by atoms with E-state index in [0.29, 0.717) is 6.54 Å². The largest absolute Gasteiger partial charge is 0.395 e. The third-order valence-electron chi connectivity index (χ3n) is 5.47. The maximum atomic E-state index is 12.3. The van der Waals surface area contributed by atoms with Crippen LogP contribution in [0.15, 0.2) is 24.3 Å². The number of amides is 1. The zero-order chi connectivity index (χ0) is 17.5. The number of rotatable bonds is 7. The SMILES string of the molecule is O=C(NCCN1CCCC[C@@H]1CO)c1ccc(CN2CCCC2)cc1. The van der Waals surface area contributed by atoms with Crippen molar-refractivity contribution in [3.63, 3.8) is 0 Å². The van der Waals surface area contributed by atoms with Crippen LogP contribution in [0.1, 0.15) is 48.0 Å². The second-order valence-electron chi connectivity index (χ2n) is 7.30. The summed E-state index contributed by atoms with van der Waals surface area (Å²) >= 11 is 0. The van der Waals surface area contributed by atoms with E-state index in [9.17, 15) is 9.90 Å². The van der Waals surface area contributed by atoms with E-state index in [0.717, 1.165) is 31.6 Å². The summed E-state index contributed by atoms with van der Waals surface area (Å²) < 4.78 is 0. The molecule has 1 amide bonds. The molecule has 2 heterocycles. The van der Waals surface area contributed by atoms with Gasteiger partial charge < -0.3 is 10.4 Å². The molecule has 0 aliphatic carbocycles. The summed E-state index contributed by atoms with van der Waals surface area (Å²) in [5.74, 6) is -0.00900. The molecule has 2 fully saturated rings. The second-order valence-corrected chi connectivity index (χ2v) is 7.30. The molecule has 0 saturated carbocycles. The second kappa shape index (κ2) is 9.32. The fraction of sp³-hybridized carbons (Fsp3) is 0.650. The van der Waals surface area contributed by atoms with Gasteiger partial charge in [-0.25, -0.2) is 0 Å². The van der Waals surface area contributed by atoms with Crippen LogP contribution in [0.25, 0.3) is 0 Å². The average molecular weight is 345 g/mol. The van der Waals surface area contributed by atoms with Crippen molar-refractivity contribution in [2.45, 2.75) is 44.7 Å². The predicted octanol–water partition coefficient (Wildman–Crippen LogP) is 1.86. The van der Waals surface area contributed by atoms with Crippen molar-refractivity contribution in [2.24, 2.45) is 0 Å². The molecule has 2 aliphatic heterocycles. The van der Waals surface area contributed by atoms with Crippen molar-refractivity contribution >= 4 is 5.91 Å². The Morgan fingerprint density at radius 1 is 1.08 bits per heavy atom. The zero-order valence-corrected chi connectivity index (χ0v) is 15.1. The predicted molar refractivity (Wildman–Crippen MR) is 99.6 cm³/mol. The number of aliphatic hydroxyl groups excluding tert-OH is 1. The molecule has 25 heavy (non-hydrogen) atoms. The molecular formula is C20H31N3O2. The van der Waals surface area contributed by atoms with E-state index in [1.807, 2.05) is 12.1 Å². The summed E-state index contributed by atoms with van der Waals surface area (Å²) in [4.78, 5) is 17.1. The minimum atomic E-state index is -0.00900. The normalized spacial score (nSPS) is 22.2. The van der Waals surface area contributed by atoms with Crippen LogP contribution in [0, 0.1) is 0 Å². The van der Waals surface area contributed by atoms with Crippen molar-refractivity contribution in [3.05, 3.63) is 35.4 Å². The van der Waals surface area contributed by atoms with Gasteiger partial charge in [0.2, 0.25) is 0 Å². The number of hydrogen-bond donors (Lipinski definition) is 2. The Hall–Kier alpha value is -1.43. The summed E-state index contributed by atoms with van der Waals surface area (Å²) in [6.07, 6.45) is 6.03. The highest BCUT2D eigenvalue weighted by Crippen LogP contribution is 2.16. The van der Waals surface area contributed by atoms with Gasteiger partial charge in [-0.05, 0) is 63.0 Å². The Morgan fingerprint density at radius 3 is 2.52 bits per heavy atom. The molecule has 1 atom stereocenters. The van der Waals surface area contributed by atoms with Gasteiger partial charge in [0.15, 0.2) is 0 Å². The molecule has 2 aliphatic rings. The van der Waals surface area contributed by atoms with Crippen LogP contribution in [-0.4, -0.2) is 66.2 Å². The highest BCUT2D eigenvalue weighted by atomic mass is 16.3. The highest BCUT2D eigenvalue weighted by molar-refractivity contribution is 5.94. The van der Waals surface area contributed by atoms with Crippen LogP contribution in [-0.2, 0) is 6.54 Å². The Labute approximate surface area is 151 Å². The summed E-state index contributed by atoms with van der Waals surface area (Å²) in [5.41, 5.74) is 2.00. The fourth-order valence-electron chi connectivity index (χ4n) is 3.94. The first-order chi connectivity index (χ1) is 12.3. The van der Waals surface area contributed by atoms with Gasteiger partial charge in [0.25, 0.3) is 5.91 Å². The lowest BCUT2D eigenvalue weighted by atomic mass is 10.0. The van der Waals surface area contributed by atoms with E-state index in [2.05, 4.69) is 27.2 Å². The van der Waals surface area contributed by atoms with Gasteiger partial charge in [-0.1, -0.05) is 18.6 Å². The number of aliphatic hydroxyl groups is 1. The van der Waals surface area contributed by atoms with E-state index in [4.69, 9.17) is 0 Å². The standard InChI is InChI=1S/C20H31N3O2/c24-16-19-5-1-2-13-23(19)14-10-21-20(25)18-8-6-17(7-9-18)15-22-11-3-4-12-22/h6-9,19,24H,1-5,10-16H2,(H,21,25)/t19-/m1/s1. The number of benzene rings is 1. The molecule has 0 unspecified atom stereocenters. The van der Waals surface area contributed by atoms with Gasteiger partial charge >= 0.3 is 0 Å². The summed E-state index contributed by atoms with van der Waals surface area (Å²) in [6.45, 7) is 6.04. The molecule has 5 nitrogen and oxygen atoms in total. The van der Waals surface area contributed by atoms with Crippen LogP contribution in [0.3, 0.4) is 0 Å². The molecule has 138 valence electrons. The number of hydrogen-bond acceptors (Lipinski definition) is 4. The van der Waals surface area contributed by atoms with Gasteiger partial charge in [0.1, 0.15) is 0 Å². The van der Waals surface area contributed by atoms with Crippen LogP contribution in [0.2, 0.25) is 0 Å². The van der Waals surface area contributed by atoms with Crippen LogP contribution in [0.5, 0.6) is 0 Å². The van der Waals surface area contributed by atoms with E-state index in [1.165, 1.54) is 44.3 Å². The molecule has 5 heteroatoms. The molecule has 0 radical (unpaired) electrons. The first kappa shape index (κ1) is 18.4. The van der Waals surface area contributed by atoms with Gasteiger partial charge in [-0.2, -0.15) is 0 Å². The van der Waals surface area contributed by atoms with E-state index < -0.39 is 0 Å². The molecule has 0 aromatic heterocycles. The Balaban J connectivity index is 1.43. The van der Waals surface area contributed by atoms with Crippen LogP contribution < -0.4 is 5.32 Å². The first-order valence-corrected chi connectivity index (χ1v) is 9.70. The molecule has 3 rings (SSSR count). The maximum Gasteiger partial charge on any atom is 0.251 e. The number of carbonyl (C=O) groups excluding carboxylic acids is 1. The minimum absolute atomic E-state index is 0.00900. The number of likely N-dealkylation sites (tertiary alicyclic amines) is 2. The van der Waals surface area contributed by atoms with Gasteiger partial charge in [-0.3, -0.25) is 14.6 Å². The molecule has 2 saturated heterocycles. The fourth-order valence-corrected chi connectivity index (χ4v) is 3.94. The van der Waals surface area contributed by atoms with E-state index >= 15 is 0 Å². The van der Waals surface area contributed by atoms with Crippen molar-refractivity contribution in [1.29, 1.82) is 0 Å². The monoisotopic (exact) mass is 345 g/mol. The van der Waals surface area contributed by atoms with Gasteiger partial charge in [0.05, 0.1) is 6.61 Å². The summed E-state index contributed by atoms with van der Waals surface area (Å²) in [5, 5.41) is 12.5. The van der Waals surface area contributed by atoms with Crippen molar-refractivity contribution < 1.29 is 9.90 Å². The van der Waals surface area contributed by atoms with Crippen molar-refractivity contribution in [2.75, 3.05) is 39.3 Å². The van der Waals surface area contributed by atoms with Gasteiger partial charge in [0, 0.05) is 31.2 Å². The lowest BCUT2D eigenvalue weighted by Gasteiger charge is -2.34. The minimum Gasteiger partial charge on any atom is -0.395 e. The van der Waals surface area contributed by atoms with E-state index in [1.54, 1.807) is 0 Å². The number of nitrogens with one attached hydrogen (secondary N) is 1. The smallest absolute Gasteiger partial charge is 0.251 e. The quantitative estimate of drug-likeness (QED) is 0.792. The Kier molecular flexibility index (Phi) is 6.84. The summed E-state index contributed by atoms with van der Waals surface area (Å²) in [7, 11) is 0. The molecular weight excluding hydrogens is 314 g/mol.